The molecule has 0 saturated carbocycles. The van der Waals surface area contributed by atoms with Gasteiger partial charge >= 0.3 is 6.36 Å². The molecule has 0 saturated heterocycles. The van der Waals surface area contributed by atoms with Crippen LogP contribution in [-0.4, -0.2) is 15.7 Å². The van der Waals surface area contributed by atoms with Crippen molar-refractivity contribution in [3.63, 3.8) is 0 Å². The molecule has 2 heterocycles. The lowest BCUT2D eigenvalue weighted by atomic mass is 10.2. The molecular weight excluding hydrogens is 429 g/mol. The summed E-state index contributed by atoms with van der Waals surface area (Å²) in [5.74, 6) is -0.260. The molecule has 22 heavy (non-hydrogen) atoms. The number of ether oxygens (including phenoxy) is 1. The van der Waals surface area contributed by atoms with Crippen LogP contribution in [0.25, 0.3) is 16.9 Å². The second kappa shape index (κ2) is 5.58. The molecule has 0 aliphatic carbocycles. The van der Waals surface area contributed by atoms with Gasteiger partial charge < -0.3 is 9.14 Å². The zero-order valence-electron chi connectivity index (χ0n) is 10.7. The Kier molecular flexibility index (Phi) is 3.90. The second-order valence-electron chi connectivity index (χ2n) is 4.44. The van der Waals surface area contributed by atoms with Gasteiger partial charge in [0.1, 0.15) is 5.75 Å². The number of rotatable bonds is 2. The lowest BCUT2D eigenvalue weighted by Crippen LogP contribution is -2.16. The third-order valence-electron chi connectivity index (χ3n) is 2.86. The van der Waals surface area contributed by atoms with Gasteiger partial charge in [-0.25, -0.2) is 4.98 Å². The van der Waals surface area contributed by atoms with E-state index in [1.807, 2.05) is 16.7 Å². The van der Waals surface area contributed by atoms with E-state index >= 15 is 0 Å². The van der Waals surface area contributed by atoms with Crippen molar-refractivity contribution in [3.05, 3.63) is 51.7 Å². The molecule has 3 rings (SSSR count). The third-order valence-corrected chi connectivity index (χ3v) is 3.87. The Bertz CT molecular complexity index is 828. The summed E-state index contributed by atoms with van der Waals surface area (Å²) in [6.45, 7) is 0. The van der Waals surface area contributed by atoms with Crippen molar-refractivity contribution >= 4 is 37.5 Å². The summed E-state index contributed by atoms with van der Waals surface area (Å²) >= 11 is 6.80. The van der Waals surface area contributed by atoms with E-state index in [1.54, 1.807) is 6.20 Å². The fourth-order valence-electron chi connectivity index (χ4n) is 1.99. The quantitative estimate of drug-likeness (QED) is 0.536. The van der Waals surface area contributed by atoms with E-state index in [2.05, 4.69) is 41.6 Å². The fraction of sp³-hybridized carbons (Fsp3) is 0.0714. The van der Waals surface area contributed by atoms with E-state index in [0.29, 0.717) is 16.9 Å². The van der Waals surface area contributed by atoms with Crippen molar-refractivity contribution in [2.24, 2.45) is 0 Å². The highest BCUT2D eigenvalue weighted by molar-refractivity contribution is 9.11. The van der Waals surface area contributed by atoms with Crippen molar-refractivity contribution in [2.45, 2.75) is 6.36 Å². The lowest BCUT2D eigenvalue weighted by Gasteiger charge is -2.08. The smallest absolute Gasteiger partial charge is 0.406 e. The maximum Gasteiger partial charge on any atom is 0.573 e. The minimum atomic E-state index is -4.69. The molecule has 3 aromatic rings. The summed E-state index contributed by atoms with van der Waals surface area (Å²) in [5.41, 5.74) is 2.06. The first kappa shape index (κ1) is 15.4. The van der Waals surface area contributed by atoms with Gasteiger partial charge in [0, 0.05) is 22.4 Å². The maximum absolute atomic E-state index is 12.1. The van der Waals surface area contributed by atoms with Gasteiger partial charge in [-0.1, -0.05) is 0 Å². The van der Waals surface area contributed by atoms with Gasteiger partial charge in [-0.05, 0) is 62.2 Å². The summed E-state index contributed by atoms with van der Waals surface area (Å²) in [4.78, 5) is 4.46. The predicted octanol–water partition coefficient (Wildman–Crippen LogP) is 5.42. The average molecular weight is 436 g/mol. The van der Waals surface area contributed by atoms with E-state index in [9.17, 15) is 13.2 Å². The molecule has 0 aliphatic rings. The number of pyridine rings is 1. The van der Waals surface area contributed by atoms with E-state index in [4.69, 9.17) is 0 Å². The first-order chi connectivity index (χ1) is 10.3. The minimum Gasteiger partial charge on any atom is -0.406 e. The van der Waals surface area contributed by atoms with Crippen LogP contribution >= 0.6 is 31.9 Å². The third kappa shape index (κ3) is 3.27. The van der Waals surface area contributed by atoms with Crippen molar-refractivity contribution in [2.75, 3.05) is 0 Å². The van der Waals surface area contributed by atoms with Gasteiger partial charge in [0.05, 0.1) is 10.2 Å². The van der Waals surface area contributed by atoms with E-state index < -0.39 is 6.36 Å². The number of halogens is 5. The summed E-state index contributed by atoms with van der Waals surface area (Å²) in [6, 6.07) is 7.46. The molecular formula is C14H7Br2F3N2O. The van der Waals surface area contributed by atoms with Gasteiger partial charge in [-0.2, -0.15) is 0 Å². The molecule has 2 aromatic heterocycles. The van der Waals surface area contributed by atoms with Crippen LogP contribution in [0.4, 0.5) is 13.2 Å². The highest BCUT2D eigenvalue weighted by Crippen LogP contribution is 2.28. The van der Waals surface area contributed by atoms with Crippen LogP contribution in [0.5, 0.6) is 5.75 Å². The van der Waals surface area contributed by atoms with Gasteiger partial charge in [-0.3, -0.25) is 0 Å². The van der Waals surface area contributed by atoms with Gasteiger partial charge in [0.15, 0.2) is 5.65 Å². The Morgan fingerprint density at radius 1 is 1.05 bits per heavy atom. The first-order valence-corrected chi connectivity index (χ1v) is 7.60. The van der Waals surface area contributed by atoms with Crippen LogP contribution in [0.1, 0.15) is 0 Å². The Balaban J connectivity index is 1.96. The molecule has 114 valence electrons. The first-order valence-electron chi connectivity index (χ1n) is 6.02. The van der Waals surface area contributed by atoms with E-state index in [1.165, 1.54) is 24.3 Å². The van der Waals surface area contributed by atoms with Gasteiger partial charge in [0.2, 0.25) is 0 Å². The number of hydrogen-bond donors (Lipinski definition) is 0. The summed E-state index contributed by atoms with van der Waals surface area (Å²) in [7, 11) is 0. The second-order valence-corrected chi connectivity index (χ2v) is 6.21. The molecule has 0 atom stereocenters. The number of benzene rings is 1. The molecule has 0 radical (unpaired) electrons. The maximum atomic E-state index is 12.1. The van der Waals surface area contributed by atoms with Crippen LogP contribution in [0.15, 0.2) is 51.7 Å². The Morgan fingerprint density at radius 2 is 1.73 bits per heavy atom. The summed E-state index contributed by atoms with van der Waals surface area (Å²) < 4.78 is 43.8. The molecule has 1 aromatic carbocycles. The predicted molar refractivity (Wildman–Crippen MR) is 82.7 cm³/mol. The molecule has 0 amide bonds. The lowest BCUT2D eigenvalue weighted by molar-refractivity contribution is -0.274. The van der Waals surface area contributed by atoms with Crippen molar-refractivity contribution in [1.82, 2.24) is 9.38 Å². The largest absolute Gasteiger partial charge is 0.573 e. The standard InChI is InChI=1S/C14H7Br2F3N2O/c15-9-5-11(16)13-20-12(7-21(13)6-9)8-1-3-10(4-2-8)22-14(17,18)19/h1-7H. The molecule has 0 fully saturated rings. The monoisotopic (exact) mass is 434 g/mol. The number of fused-ring (bicyclic) bond motifs is 1. The summed E-state index contributed by atoms with van der Waals surface area (Å²) in [6.07, 6.45) is -1.05. The number of hydrogen-bond acceptors (Lipinski definition) is 2. The van der Waals surface area contributed by atoms with Crippen molar-refractivity contribution in [3.8, 4) is 17.0 Å². The molecule has 0 N–H and O–H groups in total. The number of aromatic nitrogens is 2. The Labute approximate surface area is 140 Å². The molecule has 3 nitrogen and oxygen atoms in total. The zero-order valence-corrected chi connectivity index (χ0v) is 13.9. The molecule has 0 spiro atoms. The van der Waals surface area contributed by atoms with Crippen LogP contribution in [0, 0.1) is 0 Å². The van der Waals surface area contributed by atoms with Crippen LogP contribution in [0.3, 0.4) is 0 Å². The Morgan fingerprint density at radius 3 is 2.36 bits per heavy atom. The molecule has 0 aliphatic heterocycles. The van der Waals surface area contributed by atoms with Crippen LogP contribution in [-0.2, 0) is 0 Å². The number of imidazole rings is 1. The topological polar surface area (TPSA) is 26.5 Å². The van der Waals surface area contributed by atoms with Crippen molar-refractivity contribution < 1.29 is 17.9 Å². The van der Waals surface area contributed by atoms with Gasteiger partial charge in [0.25, 0.3) is 0 Å². The van der Waals surface area contributed by atoms with Gasteiger partial charge in [-0.15, -0.1) is 13.2 Å². The average Bonchev–Trinajstić information content (AvgIpc) is 2.81. The highest BCUT2D eigenvalue weighted by atomic mass is 79.9. The highest BCUT2D eigenvalue weighted by Gasteiger charge is 2.30. The number of nitrogens with zero attached hydrogens (tertiary/aromatic N) is 2. The van der Waals surface area contributed by atoms with Crippen LogP contribution in [0.2, 0.25) is 0 Å². The Hall–Kier alpha value is -1.54. The van der Waals surface area contributed by atoms with E-state index in [0.717, 1.165) is 8.95 Å². The summed E-state index contributed by atoms with van der Waals surface area (Å²) in [5, 5.41) is 0. The van der Waals surface area contributed by atoms with Crippen LogP contribution < -0.4 is 4.74 Å². The fourth-order valence-corrected chi connectivity index (χ4v) is 3.29. The molecule has 0 unspecified atom stereocenters. The number of alkyl halides is 3. The van der Waals surface area contributed by atoms with E-state index in [-0.39, 0.29) is 5.75 Å². The minimum absolute atomic E-state index is 0.260. The normalized spacial score (nSPS) is 11.9. The molecule has 8 heteroatoms. The van der Waals surface area contributed by atoms with Crippen molar-refractivity contribution in [1.29, 1.82) is 0 Å². The SMILES string of the molecule is FC(F)(F)Oc1ccc(-c2cn3cc(Br)cc(Br)c3n2)cc1. The zero-order chi connectivity index (χ0) is 15.9. The molecule has 0 bridgehead atoms.